The van der Waals surface area contributed by atoms with E-state index in [1.807, 2.05) is 20.8 Å². The predicted octanol–water partition coefficient (Wildman–Crippen LogP) is 1.83. The minimum Gasteiger partial charge on any atom is -0.444 e. The summed E-state index contributed by atoms with van der Waals surface area (Å²) >= 11 is 0. The molecule has 10 nitrogen and oxygen atoms in total. The Morgan fingerprint density at radius 2 is 1.64 bits per heavy atom. The first-order valence-corrected chi connectivity index (χ1v) is 11.4. The summed E-state index contributed by atoms with van der Waals surface area (Å²) in [6.45, 7) is 11.5. The van der Waals surface area contributed by atoms with E-state index < -0.39 is 5.60 Å². The second-order valence-electron chi connectivity index (χ2n) is 9.14. The largest absolute Gasteiger partial charge is 0.444 e. The quantitative estimate of drug-likeness (QED) is 0.694. The van der Waals surface area contributed by atoms with Crippen LogP contribution in [0, 0.1) is 0 Å². The number of ether oxygens (including phenoxy) is 2. The van der Waals surface area contributed by atoms with Gasteiger partial charge in [-0.25, -0.2) is 9.59 Å². The third-order valence-electron chi connectivity index (χ3n) is 5.44. The maximum atomic E-state index is 12.8. The highest BCUT2D eigenvalue weighted by atomic mass is 16.6. The number of hydrogen-bond donors (Lipinski definition) is 2. The van der Waals surface area contributed by atoms with E-state index >= 15 is 0 Å². The highest BCUT2D eigenvalue weighted by Crippen LogP contribution is 2.18. The van der Waals surface area contributed by atoms with Crippen molar-refractivity contribution in [1.29, 1.82) is 0 Å². The number of nitrogens with one attached hydrogen (secondary N) is 2. The first-order chi connectivity index (χ1) is 15.7. The number of para-hydroxylation sites is 1. The number of morpholine rings is 1. The fourth-order valence-electron chi connectivity index (χ4n) is 3.69. The lowest BCUT2D eigenvalue weighted by atomic mass is 10.1. The number of benzene rings is 1. The van der Waals surface area contributed by atoms with Crippen molar-refractivity contribution in [1.82, 2.24) is 20.0 Å². The molecule has 4 amide bonds. The average Bonchev–Trinajstić information content (AvgIpc) is 2.79. The summed E-state index contributed by atoms with van der Waals surface area (Å²) < 4.78 is 10.7. The molecule has 3 rings (SSSR count). The fourth-order valence-corrected chi connectivity index (χ4v) is 3.69. The van der Waals surface area contributed by atoms with Crippen molar-refractivity contribution >= 4 is 23.7 Å². The number of piperazine rings is 1. The molecule has 0 spiro atoms. The van der Waals surface area contributed by atoms with Gasteiger partial charge in [-0.05, 0) is 32.9 Å². The van der Waals surface area contributed by atoms with Gasteiger partial charge >= 0.3 is 12.1 Å². The number of hydrogen-bond acceptors (Lipinski definition) is 6. The topological polar surface area (TPSA) is 103 Å². The van der Waals surface area contributed by atoms with Crippen LogP contribution in [0.2, 0.25) is 0 Å². The van der Waals surface area contributed by atoms with Crippen molar-refractivity contribution < 1.29 is 23.9 Å². The third kappa shape index (κ3) is 7.61. The van der Waals surface area contributed by atoms with Gasteiger partial charge in [-0.3, -0.25) is 9.69 Å². The molecule has 182 valence electrons. The number of rotatable bonds is 5. The van der Waals surface area contributed by atoms with Crippen LogP contribution < -0.4 is 10.6 Å². The number of nitrogens with zero attached hydrogens (tertiary/aromatic N) is 3. The lowest BCUT2D eigenvalue weighted by Crippen LogP contribution is -2.51. The summed E-state index contributed by atoms with van der Waals surface area (Å²) in [6, 6.07) is 6.66. The Balaban J connectivity index is 1.41. The highest BCUT2D eigenvalue weighted by molar-refractivity contribution is 6.03. The van der Waals surface area contributed by atoms with Gasteiger partial charge in [0.2, 0.25) is 0 Å². The van der Waals surface area contributed by atoms with E-state index in [2.05, 4.69) is 15.5 Å². The fraction of sp³-hybridized carbons (Fsp3) is 0.609. The molecule has 0 atom stereocenters. The third-order valence-corrected chi connectivity index (χ3v) is 5.44. The summed E-state index contributed by atoms with van der Waals surface area (Å²) in [7, 11) is 0. The highest BCUT2D eigenvalue weighted by Gasteiger charge is 2.26. The van der Waals surface area contributed by atoms with Crippen molar-refractivity contribution in [3.63, 3.8) is 0 Å². The Morgan fingerprint density at radius 3 is 2.30 bits per heavy atom. The van der Waals surface area contributed by atoms with E-state index in [1.165, 1.54) is 0 Å². The molecule has 1 aromatic rings. The number of carbonyl (C=O) groups excluding carboxylic acids is 3. The number of anilines is 1. The van der Waals surface area contributed by atoms with E-state index in [-0.39, 0.29) is 18.0 Å². The molecule has 0 radical (unpaired) electrons. The molecule has 1 aromatic carbocycles. The molecule has 2 aliphatic heterocycles. The van der Waals surface area contributed by atoms with Crippen molar-refractivity contribution in [2.75, 3.05) is 70.9 Å². The maximum absolute atomic E-state index is 12.8. The van der Waals surface area contributed by atoms with Gasteiger partial charge < -0.3 is 29.9 Å². The van der Waals surface area contributed by atoms with E-state index in [0.29, 0.717) is 63.7 Å². The van der Waals surface area contributed by atoms with Gasteiger partial charge in [-0.15, -0.1) is 0 Å². The Labute approximate surface area is 195 Å². The van der Waals surface area contributed by atoms with Gasteiger partial charge in [0.25, 0.3) is 5.91 Å². The SMILES string of the molecule is CC(C)(C)OC(=O)N1CCN(CCNC(=O)Nc2ccccc2C(=O)N2CCOCC2)CC1. The second kappa shape index (κ2) is 11.3. The zero-order valence-corrected chi connectivity index (χ0v) is 19.8. The zero-order chi connectivity index (χ0) is 23.8. The van der Waals surface area contributed by atoms with Gasteiger partial charge in [-0.2, -0.15) is 0 Å². The lowest BCUT2D eigenvalue weighted by Gasteiger charge is -2.35. The van der Waals surface area contributed by atoms with E-state index in [0.717, 1.165) is 13.1 Å². The van der Waals surface area contributed by atoms with Crippen molar-refractivity contribution in [2.45, 2.75) is 26.4 Å². The van der Waals surface area contributed by atoms with Crippen molar-refractivity contribution in [3.05, 3.63) is 29.8 Å². The van der Waals surface area contributed by atoms with Gasteiger partial charge in [0, 0.05) is 52.4 Å². The van der Waals surface area contributed by atoms with Crippen molar-refractivity contribution in [3.8, 4) is 0 Å². The standard InChI is InChI=1S/C23H35N5O5/c1-23(2,3)33-22(31)28-12-10-26(11-13-28)9-8-24-21(30)25-19-7-5-4-6-18(19)20(29)27-14-16-32-17-15-27/h4-7H,8-17H2,1-3H3,(H2,24,25,30). The molecule has 2 N–H and O–H groups in total. The Bertz CT molecular complexity index is 827. The summed E-state index contributed by atoms with van der Waals surface area (Å²) in [6.07, 6.45) is -0.287. The summed E-state index contributed by atoms with van der Waals surface area (Å²) in [4.78, 5) is 43.1. The minimum absolute atomic E-state index is 0.114. The summed E-state index contributed by atoms with van der Waals surface area (Å²) in [5.74, 6) is -0.114. The van der Waals surface area contributed by atoms with E-state index in [9.17, 15) is 14.4 Å². The predicted molar refractivity (Wildman–Crippen MR) is 124 cm³/mol. The molecular formula is C23H35N5O5. The molecule has 0 saturated carbocycles. The van der Waals surface area contributed by atoms with Crippen LogP contribution >= 0.6 is 0 Å². The van der Waals surface area contributed by atoms with E-state index in [4.69, 9.17) is 9.47 Å². The molecule has 0 aliphatic carbocycles. The van der Waals surface area contributed by atoms with Gasteiger partial charge in [-0.1, -0.05) is 12.1 Å². The van der Waals surface area contributed by atoms with E-state index in [1.54, 1.807) is 34.1 Å². The molecular weight excluding hydrogens is 426 g/mol. The minimum atomic E-state index is -0.503. The lowest BCUT2D eigenvalue weighted by molar-refractivity contribution is 0.0147. The van der Waals surface area contributed by atoms with Crippen LogP contribution in [-0.4, -0.2) is 104 Å². The van der Waals surface area contributed by atoms with Crippen LogP contribution in [0.1, 0.15) is 31.1 Å². The number of amides is 4. The molecule has 2 heterocycles. The first kappa shape index (κ1) is 24.8. The summed E-state index contributed by atoms with van der Waals surface area (Å²) in [5.41, 5.74) is 0.446. The van der Waals surface area contributed by atoms with Gasteiger partial charge in [0.15, 0.2) is 0 Å². The molecule has 0 bridgehead atoms. The molecule has 2 aliphatic rings. The maximum Gasteiger partial charge on any atom is 0.410 e. The second-order valence-corrected chi connectivity index (χ2v) is 9.14. The van der Waals surface area contributed by atoms with Crippen LogP contribution in [0.25, 0.3) is 0 Å². The normalized spacial score (nSPS) is 17.4. The smallest absolute Gasteiger partial charge is 0.410 e. The van der Waals surface area contributed by atoms with Crippen LogP contribution in [0.5, 0.6) is 0 Å². The average molecular weight is 462 g/mol. The molecule has 0 aromatic heterocycles. The summed E-state index contributed by atoms with van der Waals surface area (Å²) in [5, 5.41) is 5.64. The molecule has 0 unspecified atom stereocenters. The van der Waals surface area contributed by atoms with Crippen molar-refractivity contribution in [2.24, 2.45) is 0 Å². The first-order valence-electron chi connectivity index (χ1n) is 11.4. The number of carbonyl (C=O) groups is 3. The van der Waals surface area contributed by atoms with Crippen LogP contribution in [0.3, 0.4) is 0 Å². The Morgan fingerprint density at radius 1 is 0.970 bits per heavy atom. The Hall–Kier alpha value is -2.85. The van der Waals surface area contributed by atoms with Crippen LogP contribution in [0.15, 0.2) is 24.3 Å². The van der Waals surface area contributed by atoms with Gasteiger partial charge in [0.05, 0.1) is 24.5 Å². The molecule has 2 saturated heterocycles. The Kier molecular flexibility index (Phi) is 8.51. The zero-order valence-electron chi connectivity index (χ0n) is 19.8. The molecule has 33 heavy (non-hydrogen) atoms. The number of urea groups is 1. The molecule has 10 heteroatoms. The van der Waals surface area contributed by atoms with Crippen LogP contribution in [0.4, 0.5) is 15.3 Å². The monoisotopic (exact) mass is 461 g/mol. The van der Waals surface area contributed by atoms with Gasteiger partial charge in [0.1, 0.15) is 5.60 Å². The van der Waals surface area contributed by atoms with Crippen LogP contribution in [-0.2, 0) is 9.47 Å². The molecule has 2 fully saturated rings.